The SMILES string of the molecule is CC(C)OCC(=O)CS(C)(=O)=O. The Hall–Kier alpha value is -0.420. The molecule has 0 aliphatic carbocycles. The predicted molar refractivity (Wildman–Crippen MR) is 45.8 cm³/mol. The summed E-state index contributed by atoms with van der Waals surface area (Å²) in [6.07, 6.45) is 0.980. The van der Waals surface area contributed by atoms with Crippen molar-refractivity contribution >= 4 is 15.6 Å². The number of hydrogen-bond donors (Lipinski definition) is 0. The first-order valence-electron chi connectivity index (χ1n) is 3.62. The van der Waals surface area contributed by atoms with E-state index >= 15 is 0 Å². The maximum atomic E-state index is 10.9. The number of hydrogen-bond acceptors (Lipinski definition) is 4. The van der Waals surface area contributed by atoms with E-state index < -0.39 is 21.4 Å². The van der Waals surface area contributed by atoms with E-state index in [-0.39, 0.29) is 12.7 Å². The second-order valence-corrected chi connectivity index (χ2v) is 5.11. The summed E-state index contributed by atoms with van der Waals surface area (Å²) in [5.41, 5.74) is 0. The standard InChI is InChI=1S/C7H14O4S/c1-6(2)11-4-7(8)5-12(3,9)10/h6H,4-5H2,1-3H3. The number of sulfone groups is 1. The highest BCUT2D eigenvalue weighted by atomic mass is 32.2. The number of carbonyl (C=O) groups is 1. The molecule has 0 radical (unpaired) electrons. The molecule has 0 saturated heterocycles. The summed E-state index contributed by atoms with van der Waals surface area (Å²) in [5, 5.41) is 0. The molecule has 5 heteroatoms. The number of carbonyl (C=O) groups excluding carboxylic acids is 1. The average Bonchev–Trinajstić information content (AvgIpc) is 1.79. The molecule has 0 saturated carbocycles. The molecule has 0 aromatic rings. The zero-order valence-electron chi connectivity index (χ0n) is 7.53. The van der Waals surface area contributed by atoms with E-state index in [1.54, 1.807) is 13.8 Å². The molecule has 0 aromatic carbocycles. The fraction of sp³-hybridized carbons (Fsp3) is 0.857. The van der Waals surface area contributed by atoms with Gasteiger partial charge in [-0.1, -0.05) is 0 Å². The van der Waals surface area contributed by atoms with Crippen molar-refractivity contribution in [3.63, 3.8) is 0 Å². The molecule has 0 bridgehead atoms. The zero-order chi connectivity index (χ0) is 9.78. The van der Waals surface area contributed by atoms with Gasteiger partial charge in [0.25, 0.3) is 0 Å². The Morgan fingerprint density at radius 3 is 2.25 bits per heavy atom. The molecule has 72 valence electrons. The Morgan fingerprint density at radius 2 is 1.92 bits per heavy atom. The van der Waals surface area contributed by atoms with E-state index in [1.807, 2.05) is 0 Å². The Kier molecular flexibility index (Phi) is 4.41. The van der Waals surface area contributed by atoms with Crippen molar-refractivity contribution in [2.24, 2.45) is 0 Å². The summed E-state index contributed by atoms with van der Waals surface area (Å²) >= 11 is 0. The molecular weight excluding hydrogens is 180 g/mol. The van der Waals surface area contributed by atoms with E-state index in [1.165, 1.54) is 0 Å². The summed E-state index contributed by atoms with van der Waals surface area (Å²) < 4.78 is 26.2. The maximum absolute atomic E-state index is 10.9. The van der Waals surface area contributed by atoms with Crippen LogP contribution in [0.2, 0.25) is 0 Å². The van der Waals surface area contributed by atoms with Gasteiger partial charge in [-0.2, -0.15) is 0 Å². The van der Waals surface area contributed by atoms with Gasteiger partial charge in [0, 0.05) is 6.26 Å². The highest BCUT2D eigenvalue weighted by Gasteiger charge is 2.11. The van der Waals surface area contributed by atoms with Crippen LogP contribution in [0.1, 0.15) is 13.8 Å². The average molecular weight is 194 g/mol. The maximum Gasteiger partial charge on any atom is 0.173 e. The van der Waals surface area contributed by atoms with Crippen molar-refractivity contribution in [2.45, 2.75) is 20.0 Å². The van der Waals surface area contributed by atoms with Crippen molar-refractivity contribution in [2.75, 3.05) is 18.6 Å². The van der Waals surface area contributed by atoms with Crippen LogP contribution >= 0.6 is 0 Å². The van der Waals surface area contributed by atoms with E-state index in [4.69, 9.17) is 4.74 Å². The minimum Gasteiger partial charge on any atom is -0.371 e. The predicted octanol–water partition coefficient (Wildman–Crippen LogP) is 0.0251. The first kappa shape index (κ1) is 11.6. The first-order valence-corrected chi connectivity index (χ1v) is 5.68. The van der Waals surface area contributed by atoms with Gasteiger partial charge in [0.05, 0.1) is 6.10 Å². The van der Waals surface area contributed by atoms with E-state index in [0.717, 1.165) is 6.26 Å². The van der Waals surface area contributed by atoms with Gasteiger partial charge >= 0.3 is 0 Å². The van der Waals surface area contributed by atoms with Crippen LogP contribution in [0.15, 0.2) is 0 Å². The van der Waals surface area contributed by atoms with Crippen molar-refractivity contribution in [3.05, 3.63) is 0 Å². The van der Waals surface area contributed by atoms with Crippen LogP contribution in [-0.4, -0.2) is 38.9 Å². The molecule has 0 heterocycles. The lowest BCUT2D eigenvalue weighted by atomic mass is 10.4. The van der Waals surface area contributed by atoms with Crippen LogP contribution in [0.25, 0.3) is 0 Å². The van der Waals surface area contributed by atoms with Crippen LogP contribution in [0.5, 0.6) is 0 Å². The van der Waals surface area contributed by atoms with Crippen LogP contribution in [0.4, 0.5) is 0 Å². The lowest BCUT2D eigenvalue weighted by Crippen LogP contribution is -2.21. The van der Waals surface area contributed by atoms with E-state index in [2.05, 4.69) is 0 Å². The lowest BCUT2D eigenvalue weighted by Gasteiger charge is -2.05. The van der Waals surface area contributed by atoms with E-state index in [0.29, 0.717) is 0 Å². The number of Topliss-reactive ketones (excluding diaryl/α,β-unsaturated/α-hetero) is 1. The summed E-state index contributed by atoms with van der Waals surface area (Å²) in [6.45, 7) is 3.45. The number of ketones is 1. The molecule has 0 amide bonds. The van der Waals surface area contributed by atoms with Gasteiger partial charge < -0.3 is 4.74 Å². The Bertz CT molecular complexity index is 240. The largest absolute Gasteiger partial charge is 0.371 e. The fourth-order valence-electron chi connectivity index (χ4n) is 0.594. The third-order valence-corrected chi connectivity index (χ3v) is 1.85. The quantitative estimate of drug-likeness (QED) is 0.619. The van der Waals surface area contributed by atoms with Gasteiger partial charge in [0.2, 0.25) is 0 Å². The third-order valence-electron chi connectivity index (χ3n) is 1.00. The molecule has 0 spiro atoms. The molecule has 0 aromatic heterocycles. The first-order chi connectivity index (χ1) is 5.31. The third kappa shape index (κ3) is 7.68. The van der Waals surface area contributed by atoms with Gasteiger partial charge in [0.15, 0.2) is 15.6 Å². The molecule has 0 fully saturated rings. The summed E-state index contributed by atoms with van der Waals surface area (Å²) in [4.78, 5) is 10.9. The topological polar surface area (TPSA) is 60.4 Å². The summed E-state index contributed by atoms with van der Waals surface area (Å²) in [5.74, 6) is -0.828. The smallest absolute Gasteiger partial charge is 0.173 e. The second-order valence-electron chi connectivity index (χ2n) is 2.97. The molecule has 0 rings (SSSR count). The van der Waals surface area contributed by atoms with Crippen molar-refractivity contribution in [3.8, 4) is 0 Å². The van der Waals surface area contributed by atoms with Gasteiger partial charge in [0.1, 0.15) is 12.4 Å². The zero-order valence-corrected chi connectivity index (χ0v) is 8.35. The molecule has 0 aliphatic rings. The van der Waals surface area contributed by atoms with Gasteiger partial charge in [-0.15, -0.1) is 0 Å². The van der Waals surface area contributed by atoms with Gasteiger partial charge in [-0.25, -0.2) is 8.42 Å². The van der Waals surface area contributed by atoms with Crippen molar-refractivity contribution < 1.29 is 17.9 Å². The second kappa shape index (κ2) is 4.57. The highest BCUT2D eigenvalue weighted by Crippen LogP contribution is 1.90. The van der Waals surface area contributed by atoms with Crippen molar-refractivity contribution in [1.82, 2.24) is 0 Å². The molecular formula is C7H14O4S. The fourth-order valence-corrected chi connectivity index (χ4v) is 1.26. The Balaban J connectivity index is 3.77. The van der Waals surface area contributed by atoms with E-state index in [9.17, 15) is 13.2 Å². The molecule has 0 unspecified atom stereocenters. The summed E-state index contributed by atoms with van der Waals surface area (Å²) in [7, 11) is -3.20. The Morgan fingerprint density at radius 1 is 1.42 bits per heavy atom. The monoisotopic (exact) mass is 194 g/mol. The minimum absolute atomic E-state index is 0.0477. The Labute approximate surface area is 72.8 Å². The van der Waals surface area contributed by atoms with Crippen molar-refractivity contribution in [1.29, 1.82) is 0 Å². The van der Waals surface area contributed by atoms with Crippen LogP contribution in [-0.2, 0) is 19.4 Å². The molecule has 0 N–H and O–H groups in total. The molecule has 0 aliphatic heterocycles. The minimum atomic E-state index is -3.20. The number of rotatable bonds is 5. The highest BCUT2D eigenvalue weighted by molar-refractivity contribution is 7.91. The van der Waals surface area contributed by atoms with Gasteiger partial charge in [-0.3, -0.25) is 4.79 Å². The van der Waals surface area contributed by atoms with Crippen LogP contribution in [0, 0.1) is 0 Å². The summed E-state index contributed by atoms with van der Waals surface area (Å²) in [6, 6.07) is 0. The van der Waals surface area contributed by atoms with Crippen LogP contribution in [0.3, 0.4) is 0 Å². The number of ether oxygens (including phenoxy) is 1. The molecule has 0 atom stereocenters. The van der Waals surface area contributed by atoms with Gasteiger partial charge in [-0.05, 0) is 13.8 Å². The van der Waals surface area contributed by atoms with Crippen LogP contribution < -0.4 is 0 Å². The molecule has 4 nitrogen and oxygen atoms in total. The lowest BCUT2D eigenvalue weighted by molar-refractivity contribution is -0.122. The normalized spacial score (nSPS) is 12.0. The molecule has 12 heavy (non-hydrogen) atoms.